The summed E-state index contributed by atoms with van der Waals surface area (Å²) in [6, 6.07) is 8.04. The lowest BCUT2D eigenvalue weighted by atomic mass is 9.99. The van der Waals surface area contributed by atoms with Crippen LogP contribution in [0.1, 0.15) is 35.7 Å². The molecule has 1 atom stereocenters. The summed E-state index contributed by atoms with van der Waals surface area (Å²) in [5.41, 5.74) is 2.04. The third-order valence-corrected chi connectivity index (χ3v) is 4.38. The van der Waals surface area contributed by atoms with E-state index in [0.29, 0.717) is 0 Å². The monoisotopic (exact) mass is 339 g/mol. The minimum Gasteiger partial charge on any atom is -0.345 e. The van der Waals surface area contributed by atoms with Crippen LogP contribution in [0, 0.1) is 5.92 Å². The first-order valence-electron chi connectivity index (χ1n) is 8.33. The smallest absolute Gasteiger partial charge is 0.253 e. The Morgan fingerprint density at radius 3 is 2.48 bits per heavy atom. The largest absolute Gasteiger partial charge is 0.345 e. The Balaban J connectivity index is 0.00000264. The normalized spacial score (nSPS) is 17.7. The van der Waals surface area contributed by atoms with Crippen molar-refractivity contribution in [2.45, 2.75) is 26.3 Å². The van der Waals surface area contributed by atoms with E-state index >= 15 is 0 Å². The van der Waals surface area contributed by atoms with Crippen molar-refractivity contribution in [3.05, 3.63) is 35.4 Å². The van der Waals surface area contributed by atoms with Crippen LogP contribution in [0.5, 0.6) is 0 Å². The third kappa shape index (κ3) is 6.13. The maximum absolute atomic E-state index is 11.9. The van der Waals surface area contributed by atoms with Gasteiger partial charge in [0.05, 0.1) is 0 Å². The van der Waals surface area contributed by atoms with Gasteiger partial charge in [-0.3, -0.25) is 9.69 Å². The van der Waals surface area contributed by atoms with Crippen molar-refractivity contribution in [2.24, 2.45) is 5.92 Å². The lowest BCUT2D eigenvalue weighted by molar-refractivity contribution is 0.0827. The zero-order chi connectivity index (χ0) is 15.9. The van der Waals surface area contributed by atoms with E-state index in [1.54, 1.807) is 19.0 Å². The number of nitrogens with zero attached hydrogens (tertiary/aromatic N) is 2. The van der Waals surface area contributed by atoms with Crippen LogP contribution in [0.4, 0.5) is 0 Å². The molecule has 1 aliphatic heterocycles. The molecule has 4 nitrogen and oxygen atoms in total. The maximum Gasteiger partial charge on any atom is 0.253 e. The van der Waals surface area contributed by atoms with Crippen LogP contribution in [0.3, 0.4) is 0 Å². The van der Waals surface area contributed by atoms with Gasteiger partial charge in [0, 0.05) is 32.7 Å². The highest BCUT2D eigenvalue weighted by molar-refractivity contribution is 5.93. The van der Waals surface area contributed by atoms with Crippen molar-refractivity contribution in [3.63, 3.8) is 0 Å². The summed E-state index contributed by atoms with van der Waals surface area (Å²) in [5, 5.41) is 3.49. The zero-order valence-corrected chi connectivity index (χ0v) is 15.4. The van der Waals surface area contributed by atoms with E-state index in [1.165, 1.54) is 24.9 Å². The Kier molecular flexibility index (Phi) is 8.59. The van der Waals surface area contributed by atoms with Gasteiger partial charge in [-0.15, -0.1) is 12.4 Å². The second-order valence-corrected chi connectivity index (χ2v) is 6.44. The molecular weight excluding hydrogens is 310 g/mol. The molecule has 0 aromatic heterocycles. The fraction of sp³-hybridized carbons (Fsp3) is 0.611. The molecule has 1 aliphatic rings. The van der Waals surface area contributed by atoms with Gasteiger partial charge in [0.1, 0.15) is 0 Å². The van der Waals surface area contributed by atoms with Gasteiger partial charge >= 0.3 is 0 Å². The summed E-state index contributed by atoms with van der Waals surface area (Å²) in [7, 11) is 3.57. The zero-order valence-electron chi connectivity index (χ0n) is 14.5. The molecule has 5 heteroatoms. The van der Waals surface area contributed by atoms with Crippen LogP contribution in [0.2, 0.25) is 0 Å². The van der Waals surface area contributed by atoms with Crippen molar-refractivity contribution < 1.29 is 4.79 Å². The molecular formula is C18H30ClN3O. The molecule has 1 aromatic carbocycles. The fourth-order valence-electron chi connectivity index (χ4n) is 3.02. The molecule has 1 amide bonds. The Morgan fingerprint density at radius 2 is 1.96 bits per heavy atom. The van der Waals surface area contributed by atoms with Crippen molar-refractivity contribution >= 4 is 18.3 Å². The van der Waals surface area contributed by atoms with Crippen LogP contribution in [-0.2, 0) is 6.54 Å². The first kappa shape index (κ1) is 19.9. The molecule has 1 fully saturated rings. The van der Waals surface area contributed by atoms with Gasteiger partial charge in [-0.25, -0.2) is 0 Å². The summed E-state index contributed by atoms with van der Waals surface area (Å²) in [4.78, 5) is 16.0. The lowest BCUT2D eigenvalue weighted by Gasteiger charge is -2.29. The highest BCUT2D eigenvalue weighted by Crippen LogP contribution is 2.14. The Morgan fingerprint density at radius 1 is 1.26 bits per heavy atom. The average Bonchev–Trinajstić information content (AvgIpc) is 2.55. The predicted molar refractivity (Wildman–Crippen MR) is 98.3 cm³/mol. The number of benzene rings is 1. The molecule has 0 radical (unpaired) electrons. The topological polar surface area (TPSA) is 35.6 Å². The van der Waals surface area contributed by atoms with E-state index < -0.39 is 0 Å². The van der Waals surface area contributed by atoms with Gasteiger partial charge in [-0.1, -0.05) is 19.1 Å². The van der Waals surface area contributed by atoms with Gasteiger partial charge in [0.25, 0.3) is 5.91 Å². The first-order valence-corrected chi connectivity index (χ1v) is 8.33. The van der Waals surface area contributed by atoms with Gasteiger partial charge < -0.3 is 10.2 Å². The van der Waals surface area contributed by atoms with Crippen molar-refractivity contribution in [1.29, 1.82) is 0 Å². The van der Waals surface area contributed by atoms with Crippen LogP contribution in [-0.4, -0.2) is 56.0 Å². The van der Waals surface area contributed by atoms with Gasteiger partial charge in [-0.2, -0.15) is 0 Å². The SMILES string of the molecule is CCN(Cc1ccc(C(=O)N(C)C)cc1)CC1CCCNC1.Cl. The molecule has 0 aliphatic carbocycles. The van der Waals surface area contributed by atoms with E-state index in [0.717, 1.165) is 37.7 Å². The Hall–Kier alpha value is -1.10. The fourth-order valence-corrected chi connectivity index (χ4v) is 3.02. The van der Waals surface area contributed by atoms with Gasteiger partial charge in [-0.05, 0) is 56.1 Å². The minimum absolute atomic E-state index is 0. The second kappa shape index (κ2) is 9.91. The molecule has 1 aromatic rings. The molecule has 0 spiro atoms. The number of hydrogen-bond donors (Lipinski definition) is 1. The maximum atomic E-state index is 11.9. The number of nitrogens with one attached hydrogen (secondary N) is 1. The standard InChI is InChI=1S/C18H29N3O.ClH/c1-4-21(14-16-6-5-11-19-12-16)13-15-7-9-17(10-8-15)18(22)20(2)3;/h7-10,16,19H,4-6,11-14H2,1-3H3;1H. The van der Waals surface area contributed by atoms with E-state index in [4.69, 9.17) is 0 Å². The first-order chi connectivity index (χ1) is 10.6. The summed E-state index contributed by atoms with van der Waals surface area (Å²) in [6.07, 6.45) is 2.63. The molecule has 1 heterocycles. The quantitative estimate of drug-likeness (QED) is 0.865. The lowest BCUT2D eigenvalue weighted by Crippen LogP contribution is -2.38. The molecule has 23 heavy (non-hydrogen) atoms. The molecule has 1 unspecified atom stereocenters. The van der Waals surface area contributed by atoms with E-state index in [-0.39, 0.29) is 18.3 Å². The van der Waals surface area contributed by atoms with Gasteiger partial charge in [0.15, 0.2) is 0 Å². The van der Waals surface area contributed by atoms with Gasteiger partial charge in [0.2, 0.25) is 0 Å². The predicted octanol–water partition coefficient (Wildman–Crippen LogP) is 2.63. The average molecular weight is 340 g/mol. The number of piperidine rings is 1. The van der Waals surface area contributed by atoms with E-state index in [9.17, 15) is 4.79 Å². The number of carbonyl (C=O) groups is 1. The minimum atomic E-state index is 0. The number of carbonyl (C=O) groups excluding carboxylic acids is 1. The Bertz CT molecular complexity index is 470. The highest BCUT2D eigenvalue weighted by atomic mass is 35.5. The van der Waals surface area contributed by atoms with Crippen molar-refractivity contribution in [1.82, 2.24) is 15.1 Å². The summed E-state index contributed by atoms with van der Waals surface area (Å²) in [5.74, 6) is 0.829. The molecule has 0 saturated carbocycles. The number of halogens is 1. The number of rotatable bonds is 6. The molecule has 130 valence electrons. The van der Waals surface area contributed by atoms with Crippen LogP contribution in [0.25, 0.3) is 0 Å². The summed E-state index contributed by atoms with van der Waals surface area (Å²) < 4.78 is 0. The Labute approximate surface area is 146 Å². The van der Waals surface area contributed by atoms with E-state index in [1.807, 2.05) is 12.1 Å². The van der Waals surface area contributed by atoms with Crippen LogP contribution >= 0.6 is 12.4 Å². The molecule has 1 saturated heterocycles. The third-order valence-electron chi connectivity index (χ3n) is 4.38. The number of hydrogen-bond acceptors (Lipinski definition) is 3. The molecule has 2 rings (SSSR count). The van der Waals surface area contributed by atoms with Crippen molar-refractivity contribution in [2.75, 3.05) is 40.3 Å². The summed E-state index contributed by atoms with van der Waals surface area (Å²) in [6.45, 7) is 7.72. The second-order valence-electron chi connectivity index (χ2n) is 6.44. The van der Waals surface area contributed by atoms with Crippen LogP contribution < -0.4 is 5.32 Å². The highest BCUT2D eigenvalue weighted by Gasteiger charge is 2.16. The summed E-state index contributed by atoms with van der Waals surface area (Å²) >= 11 is 0. The van der Waals surface area contributed by atoms with Crippen LogP contribution in [0.15, 0.2) is 24.3 Å². The van der Waals surface area contributed by atoms with E-state index in [2.05, 4.69) is 29.3 Å². The molecule has 1 N–H and O–H groups in total. The van der Waals surface area contributed by atoms with Crippen molar-refractivity contribution in [3.8, 4) is 0 Å². The number of amides is 1. The molecule has 0 bridgehead atoms.